The van der Waals surface area contributed by atoms with E-state index in [0.717, 1.165) is 67.5 Å². The summed E-state index contributed by atoms with van der Waals surface area (Å²) in [6.07, 6.45) is -4.49. The number of nitrogens with one attached hydrogen (secondary N) is 4. The molecular formula is C56H55F3N5O5P. The third-order valence-corrected chi connectivity index (χ3v) is 15.9. The highest BCUT2D eigenvalue weighted by Crippen LogP contribution is 2.48. The first-order valence-electron chi connectivity index (χ1n) is 22.7. The molecule has 0 radical (unpaired) electrons. The van der Waals surface area contributed by atoms with Crippen LogP contribution < -0.4 is 56.1 Å². The van der Waals surface area contributed by atoms with Gasteiger partial charge in [0.15, 0.2) is 0 Å². The third-order valence-electron chi connectivity index (χ3n) is 12.2. The molecule has 0 bridgehead atoms. The number of carbonyl (C=O) groups is 1. The van der Waals surface area contributed by atoms with Crippen LogP contribution in [-0.2, 0) is 12.6 Å². The van der Waals surface area contributed by atoms with E-state index < -0.39 is 30.9 Å². The van der Waals surface area contributed by atoms with Crippen LogP contribution in [0.5, 0.6) is 23.0 Å². The highest BCUT2D eigenvalue weighted by atomic mass is 31.2. The molecule has 4 N–H and O–H groups in total. The lowest BCUT2D eigenvalue weighted by atomic mass is 10.1. The summed E-state index contributed by atoms with van der Waals surface area (Å²) in [6.45, 7) is 8.28. The van der Waals surface area contributed by atoms with E-state index in [1.165, 1.54) is 6.07 Å². The Morgan fingerprint density at radius 1 is 0.700 bits per heavy atom. The van der Waals surface area contributed by atoms with Crippen molar-refractivity contribution in [3.05, 3.63) is 210 Å². The van der Waals surface area contributed by atoms with Crippen LogP contribution in [0.2, 0.25) is 0 Å². The fraction of sp³-hybridized carbons (Fsp3) is 0.196. The van der Waals surface area contributed by atoms with Crippen LogP contribution in [0.25, 0.3) is 0 Å². The number of rotatable bonds is 17. The van der Waals surface area contributed by atoms with Gasteiger partial charge in [-0.05, 0) is 145 Å². The van der Waals surface area contributed by atoms with Crippen LogP contribution in [0.4, 0.5) is 29.3 Å². The molecular weight excluding hydrogens is 911 g/mol. The first-order chi connectivity index (χ1) is 33.8. The predicted octanol–water partition coefficient (Wildman–Crippen LogP) is 11.6. The minimum absolute atomic E-state index is 0.0119. The van der Waals surface area contributed by atoms with Crippen LogP contribution >= 0.6 is 7.05 Å². The van der Waals surface area contributed by atoms with E-state index in [2.05, 4.69) is 88.5 Å². The van der Waals surface area contributed by atoms with Gasteiger partial charge in [0.2, 0.25) is 0 Å². The monoisotopic (exact) mass is 965 g/mol. The highest BCUT2D eigenvalue weighted by Gasteiger charge is 2.36. The normalized spacial score (nSPS) is 14.6. The molecule has 10 nitrogen and oxygen atoms in total. The van der Waals surface area contributed by atoms with Gasteiger partial charge in [-0.3, -0.25) is 4.74 Å². The van der Waals surface area contributed by atoms with E-state index in [-0.39, 0.29) is 17.8 Å². The van der Waals surface area contributed by atoms with E-state index in [4.69, 9.17) is 23.7 Å². The van der Waals surface area contributed by atoms with Crippen molar-refractivity contribution >= 4 is 40.4 Å². The van der Waals surface area contributed by atoms with Gasteiger partial charge in [0.1, 0.15) is 29.1 Å². The first-order valence-corrected chi connectivity index (χ1v) is 24.4. The number of hydrogen-bond acceptors (Lipinski definition) is 8. The molecule has 7 aromatic rings. The molecule has 14 heteroatoms. The number of alkyl halides is 3. The van der Waals surface area contributed by atoms with Gasteiger partial charge in [-0.2, -0.15) is 13.2 Å². The molecule has 360 valence electrons. The second-order valence-electron chi connectivity index (χ2n) is 17.0. The molecule has 2 amide bonds. The summed E-state index contributed by atoms with van der Waals surface area (Å²) >= 11 is 0. The number of benzene rings is 7. The Morgan fingerprint density at radius 3 is 1.84 bits per heavy atom. The van der Waals surface area contributed by atoms with Gasteiger partial charge in [-0.15, -0.1) is 0 Å². The van der Waals surface area contributed by atoms with Gasteiger partial charge in [0, 0.05) is 28.0 Å². The Labute approximate surface area is 406 Å². The Balaban J connectivity index is 1.10. The minimum Gasteiger partial charge on any atom is -0.497 e. The maximum absolute atomic E-state index is 13.6. The molecule has 1 aliphatic rings. The van der Waals surface area contributed by atoms with Crippen molar-refractivity contribution in [2.75, 3.05) is 38.5 Å². The van der Waals surface area contributed by atoms with Crippen LogP contribution in [0, 0.1) is 13.8 Å². The summed E-state index contributed by atoms with van der Waals surface area (Å²) in [5.41, 5.74) is 3.82. The molecule has 0 saturated heterocycles. The number of aryl methyl sites for hydroxylation is 2. The molecule has 0 aliphatic heterocycles. The summed E-state index contributed by atoms with van der Waals surface area (Å²) in [6, 6.07) is 50.0. The topological polar surface area (TPSA) is 114 Å². The first kappa shape index (κ1) is 48.8. The van der Waals surface area contributed by atoms with Gasteiger partial charge in [0.25, 0.3) is 0 Å². The van der Waals surface area contributed by atoms with E-state index >= 15 is 0 Å². The Kier molecular flexibility index (Phi) is 14.9. The van der Waals surface area contributed by atoms with E-state index in [9.17, 15) is 18.0 Å². The van der Waals surface area contributed by atoms with Gasteiger partial charge in [-0.25, -0.2) is 4.79 Å². The van der Waals surface area contributed by atoms with Crippen molar-refractivity contribution in [1.82, 2.24) is 10.6 Å². The van der Waals surface area contributed by atoms with Gasteiger partial charge in [0.05, 0.1) is 64.1 Å². The number of hydrogen-bond donors (Lipinski definition) is 4. The predicted molar refractivity (Wildman–Crippen MR) is 274 cm³/mol. The molecule has 70 heavy (non-hydrogen) atoms. The number of halogens is 3. The molecule has 0 saturated carbocycles. The molecule has 8 rings (SSSR count). The fourth-order valence-corrected chi connectivity index (χ4v) is 12.3. The molecule has 3 atom stereocenters. The van der Waals surface area contributed by atoms with Crippen LogP contribution in [0.3, 0.4) is 0 Å². The second-order valence-corrected chi connectivity index (χ2v) is 20.1. The van der Waals surface area contributed by atoms with Crippen molar-refractivity contribution in [3.63, 3.8) is 0 Å². The zero-order valence-corrected chi connectivity index (χ0v) is 40.4. The molecule has 1 aliphatic carbocycles. The number of fused-ring (bicyclic) bond motifs is 1. The zero-order chi connectivity index (χ0) is 49.4. The zero-order valence-electron chi connectivity index (χ0n) is 39.5. The number of urea groups is 1. The van der Waals surface area contributed by atoms with Crippen molar-refractivity contribution < 1.29 is 36.9 Å². The Hall–Kier alpha value is -7.63. The average Bonchev–Trinajstić information content (AvgIpc) is 3.70. The second kappa shape index (κ2) is 21.3. The summed E-state index contributed by atoms with van der Waals surface area (Å²) in [7, 11) is 2.19. The van der Waals surface area contributed by atoms with Crippen molar-refractivity contribution in [1.29, 1.82) is 0 Å². The summed E-state index contributed by atoms with van der Waals surface area (Å²) in [4.78, 5) is 13.4. The molecule has 0 aromatic heterocycles. The fourth-order valence-electron chi connectivity index (χ4n) is 8.80. The van der Waals surface area contributed by atoms with E-state index in [1.807, 2.05) is 79.7 Å². The van der Waals surface area contributed by atoms with Crippen molar-refractivity contribution in [3.8, 4) is 23.0 Å². The quantitative estimate of drug-likeness (QED) is 0.0672. The van der Waals surface area contributed by atoms with Crippen molar-refractivity contribution in [2.24, 2.45) is 4.74 Å². The van der Waals surface area contributed by atoms with Gasteiger partial charge >= 0.3 is 12.2 Å². The van der Waals surface area contributed by atoms with E-state index in [1.54, 1.807) is 40.4 Å². The largest absolute Gasteiger partial charge is 0.497 e. The lowest BCUT2D eigenvalue weighted by Gasteiger charge is -2.30. The number of carbonyl (C=O) groups excluding carboxylic acids is 1. The lowest BCUT2D eigenvalue weighted by Crippen LogP contribution is -2.38. The van der Waals surface area contributed by atoms with Gasteiger partial charge in [-0.1, -0.05) is 67.2 Å². The van der Waals surface area contributed by atoms with Crippen LogP contribution in [0.1, 0.15) is 45.5 Å². The molecule has 0 spiro atoms. The summed E-state index contributed by atoms with van der Waals surface area (Å²) in [5.74, 6) is 3.13. The summed E-state index contributed by atoms with van der Waals surface area (Å²) in [5, 5.41) is 15.9. The summed E-state index contributed by atoms with van der Waals surface area (Å²) < 4.78 is 70.3. The smallest absolute Gasteiger partial charge is 0.416 e. The van der Waals surface area contributed by atoms with Crippen LogP contribution in [0.15, 0.2) is 181 Å². The number of anilines is 2. The minimum atomic E-state index is -4.57. The SMILES string of the molecule is C=C(N[C@@H](CN=P(c1ccc(OC)cc1)(c1ccc(OC)cc1)c1ccc(OC)cc1)c1ccccc1)N[C@H]1c2ccccc2C[C@@H]1Oc1ccc(C)cc1NC(=O)Nc1cc(C)cc(C(F)(F)F)c1. The van der Waals surface area contributed by atoms with Gasteiger partial charge < -0.3 is 40.2 Å². The molecule has 0 heterocycles. The maximum atomic E-state index is 13.6. The lowest BCUT2D eigenvalue weighted by molar-refractivity contribution is -0.137. The standard InChI is InChI=1S/C56H55F3N5O5P/c1-36-16-29-52(50(32-36)64-55(65)63-42-31-37(2)30-41(34-42)56(57,58)59)69-53-33-40-14-10-11-15-49(40)54(53)62-38(3)61-51(39-12-8-7-9-13-39)35-60-70(46-23-17-43(66-4)18-24-46,47-25-19-44(67-5)20-26-47)48-27-21-45(68-6)22-28-48/h7-32,34,51,53-54,61-62H,3,33,35H2,1-2,4-6H3,(H2,63,64,65)/t51-,53-,54-/m0/s1. The molecule has 7 aromatic carbocycles. The Morgan fingerprint density at radius 2 is 1.27 bits per heavy atom. The highest BCUT2D eigenvalue weighted by molar-refractivity contribution is 7.87. The maximum Gasteiger partial charge on any atom is 0.416 e. The average molecular weight is 966 g/mol. The molecule has 0 fully saturated rings. The number of methoxy groups -OCH3 is 3. The number of ether oxygens (including phenoxy) is 4. The molecule has 0 unspecified atom stereocenters. The third kappa shape index (κ3) is 11.1. The number of amides is 2. The Bertz CT molecular complexity index is 2880. The van der Waals surface area contributed by atoms with Crippen LogP contribution in [-0.4, -0.2) is 40.0 Å². The number of nitrogens with zero attached hydrogens (tertiary/aromatic N) is 1. The van der Waals surface area contributed by atoms with E-state index in [0.29, 0.717) is 35.8 Å². The van der Waals surface area contributed by atoms with Crippen molar-refractivity contribution in [2.45, 2.75) is 44.6 Å².